The second kappa shape index (κ2) is 6.09. The van der Waals surface area contributed by atoms with Crippen molar-refractivity contribution in [2.24, 2.45) is 0 Å². The monoisotopic (exact) mass is 299 g/mol. The molecule has 0 fully saturated rings. The lowest BCUT2D eigenvalue weighted by Crippen LogP contribution is -2.17. The molecule has 0 atom stereocenters. The Morgan fingerprint density at radius 1 is 1.42 bits per heavy atom. The van der Waals surface area contributed by atoms with Gasteiger partial charge >= 0.3 is 6.09 Å². The molecule has 1 N–H and O–H groups in total. The van der Waals surface area contributed by atoms with E-state index in [4.69, 9.17) is 11.6 Å². The fourth-order valence-electron chi connectivity index (χ4n) is 1.21. The predicted octanol–water partition coefficient (Wildman–Crippen LogP) is 3.89. The summed E-state index contributed by atoms with van der Waals surface area (Å²) in [5.74, 6) is 2.38. The summed E-state index contributed by atoms with van der Waals surface area (Å²) in [6, 6.07) is 2.36. The fraction of sp³-hybridized carbons (Fsp3) is 0.308. The number of amides is 1. The van der Waals surface area contributed by atoms with Crippen molar-refractivity contribution >= 4 is 31.5 Å². The normalized spacial score (nSPS) is 10.4. The number of ether oxygens (including phenoxy) is 1. The van der Waals surface area contributed by atoms with Crippen molar-refractivity contribution in [3.63, 3.8) is 0 Å². The molecule has 0 radical (unpaired) electrons. The van der Waals surface area contributed by atoms with E-state index in [0.29, 0.717) is 5.56 Å². The first-order chi connectivity index (χ1) is 8.73. The summed E-state index contributed by atoms with van der Waals surface area (Å²) in [4.78, 5) is 11.2. The highest BCUT2D eigenvalue weighted by Gasteiger charge is 2.13. The van der Waals surface area contributed by atoms with Gasteiger partial charge in [0.25, 0.3) is 0 Å². The van der Waals surface area contributed by atoms with E-state index in [-0.39, 0.29) is 10.7 Å². The lowest BCUT2D eigenvalue weighted by Gasteiger charge is -2.10. The Hall–Kier alpha value is -1.51. The van der Waals surface area contributed by atoms with Crippen LogP contribution in [0, 0.1) is 17.3 Å². The summed E-state index contributed by atoms with van der Waals surface area (Å²) in [7, 11) is -0.380. The van der Waals surface area contributed by atoms with Crippen LogP contribution in [0.3, 0.4) is 0 Å². The molecule has 6 heteroatoms. The molecular formula is C13H15ClFNO2Si. The lowest BCUT2D eigenvalue weighted by atomic mass is 10.2. The van der Waals surface area contributed by atoms with Gasteiger partial charge in [-0.25, -0.2) is 9.18 Å². The van der Waals surface area contributed by atoms with E-state index < -0.39 is 20.0 Å². The van der Waals surface area contributed by atoms with Crippen molar-refractivity contribution in [3.05, 3.63) is 28.5 Å². The van der Waals surface area contributed by atoms with Crippen molar-refractivity contribution < 1.29 is 13.9 Å². The predicted molar refractivity (Wildman–Crippen MR) is 77.7 cm³/mol. The summed E-state index contributed by atoms with van der Waals surface area (Å²) in [5, 5.41) is 2.53. The Balaban J connectivity index is 3.27. The van der Waals surface area contributed by atoms with E-state index in [9.17, 15) is 9.18 Å². The molecule has 0 bridgehead atoms. The van der Waals surface area contributed by atoms with Gasteiger partial charge in [-0.1, -0.05) is 37.2 Å². The Morgan fingerprint density at radius 2 is 2.05 bits per heavy atom. The average molecular weight is 300 g/mol. The average Bonchev–Trinajstić information content (AvgIpc) is 2.28. The van der Waals surface area contributed by atoms with E-state index in [2.05, 4.69) is 41.2 Å². The third-order valence-electron chi connectivity index (χ3n) is 2.04. The Morgan fingerprint density at radius 3 is 2.58 bits per heavy atom. The molecule has 0 unspecified atom stereocenters. The highest BCUT2D eigenvalue weighted by atomic mass is 35.5. The first-order valence-corrected chi connectivity index (χ1v) is 9.48. The maximum atomic E-state index is 13.4. The molecule has 3 nitrogen and oxygen atoms in total. The van der Waals surface area contributed by atoms with Gasteiger partial charge in [-0.05, 0) is 12.1 Å². The number of anilines is 1. The van der Waals surface area contributed by atoms with E-state index in [1.165, 1.54) is 13.2 Å². The number of carbonyl (C=O) groups is 1. The number of hydrogen-bond donors (Lipinski definition) is 1. The highest BCUT2D eigenvalue weighted by Crippen LogP contribution is 2.27. The maximum Gasteiger partial charge on any atom is 0.411 e. The van der Waals surface area contributed by atoms with Crippen molar-refractivity contribution in [2.45, 2.75) is 19.6 Å². The third kappa shape index (κ3) is 4.93. The van der Waals surface area contributed by atoms with Gasteiger partial charge in [0.2, 0.25) is 0 Å². The van der Waals surface area contributed by atoms with Crippen LogP contribution in [0.5, 0.6) is 0 Å². The highest BCUT2D eigenvalue weighted by molar-refractivity contribution is 6.83. The van der Waals surface area contributed by atoms with Crippen LogP contribution in [0.15, 0.2) is 12.1 Å². The van der Waals surface area contributed by atoms with Crippen LogP contribution in [0.25, 0.3) is 0 Å². The number of hydrogen-bond acceptors (Lipinski definition) is 2. The van der Waals surface area contributed by atoms with Crippen molar-refractivity contribution in [1.29, 1.82) is 0 Å². The van der Waals surface area contributed by atoms with Gasteiger partial charge in [0.15, 0.2) is 0 Å². The summed E-state index contributed by atoms with van der Waals surface area (Å²) >= 11 is 5.92. The summed E-state index contributed by atoms with van der Waals surface area (Å²) < 4.78 is 17.9. The summed E-state index contributed by atoms with van der Waals surface area (Å²) in [6.45, 7) is 6.19. The number of nitrogens with one attached hydrogen (secondary N) is 1. The van der Waals surface area contributed by atoms with Crippen molar-refractivity contribution in [3.8, 4) is 11.5 Å². The van der Waals surface area contributed by atoms with E-state index in [1.54, 1.807) is 0 Å². The minimum Gasteiger partial charge on any atom is -0.453 e. The molecule has 0 aliphatic rings. The SMILES string of the molecule is COC(=O)Nc1c(Cl)cc(F)cc1C#C[Si](C)(C)C. The molecule has 1 amide bonds. The topological polar surface area (TPSA) is 38.3 Å². The van der Waals surface area contributed by atoms with E-state index in [0.717, 1.165) is 6.07 Å². The lowest BCUT2D eigenvalue weighted by molar-refractivity contribution is 0.187. The zero-order valence-corrected chi connectivity index (χ0v) is 13.0. The second-order valence-corrected chi connectivity index (χ2v) is 10.1. The van der Waals surface area contributed by atoms with Crippen molar-refractivity contribution in [1.82, 2.24) is 0 Å². The second-order valence-electron chi connectivity index (χ2n) is 4.93. The van der Waals surface area contributed by atoms with Gasteiger partial charge in [0, 0.05) is 0 Å². The molecule has 0 spiro atoms. The zero-order chi connectivity index (χ0) is 14.6. The van der Waals surface area contributed by atoms with Gasteiger partial charge in [-0.15, -0.1) is 5.54 Å². The summed E-state index contributed by atoms with van der Waals surface area (Å²) in [5.41, 5.74) is 3.71. The standard InChI is InChI=1S/C13H15ClFNO2Si/c1-18-13(17)16-12-9(5-6-19(2,3)4)7-10(15)8-11(12)14/h7-8H,1-4H3,(H,16,17). The molecule has 0 aliphatic heterocycles. The number of methoxy groups -OCH3 is 1. The molecule has 1 aromatic rings. The minimum absolute atomic E-state index is 0.0882. The van der Waals surface area contributed by atoms with Gasteiger partial charge in [-0.2, -0.15) is 0 Å². The van der Waals surface area contributed by atoms with Gasteiger partial charge in [0.05, 0.1) is 23.4 Å². The smallest absolute Gasteiger partial charge is 0.411 e. The molecule has 1 aromatic carbocycles. The first-order valence-electron chi connectivity index (χ1n) is 5.60. The van der Waals surface area contributed by atoms with Crippen LogP contribution in [0.2, 0.25) is 24.7 Å². The van der Waals surface area contributed by atoms with Gasteiger partial charge in [0.1, 0.15) is 13.9 Å². The molecule has 19 heavy (non-hydrogen) atoms. The van der Waals surface area contributed by atoms with Crippen LogP contribution >= 0.6 is 11.6 Å². The van der Waals surface area contributed by atoms with Crippen LogP contribution < -0.4 is 5.32 Å². The molecular weight excluding hydrogens is 285 g/mol. The van der Waals surface area contributed by atoms with Gasteiger partial charge < -0.3 is 4.74 Å². The number of halogens is 2. The molecule has 0 aromatic heterocycles. The number of rotatable bonds is 1. The third-order valence-corrected chi connectivity index (χ3v) is 3.21. The zero-order valence-electron chi connectivity index (χ0n) is 11.2. The minimum atomic E-state index is -1.62. The number of carbonyl (C=O) groups excluding carboxylic acids is 1. The first kappa shape index (κ1) is 15.5. The van der Waals surface area contributed by atoms with Gasteiger partial charge in [-0.3, -0.25) is 5.32 Å². The van der Waals surface area contributed by atoms with Crippen molar-refractivity contribution in [2.75, 3.05) is 12.4 Å². The molecule has 0 saturated carbocycles. The fourth-order valence-corrected chi connectivity index (χ4v) is 1.97. The van der Waals surface area contributed by atoms with Crippen LogP contribution in [-0.4, -0.2) is 21.3 Å². The Kier molecular flexibility index (Phi) is 4.98. The largest absolute Gasteiger partial charge is 0.453 e. The molecule has 0 saturated heterocycles. The Bertz CT molecular complexity index is 558. The van der Waals surface area contributed by atoms with Crippen LogP contribution in [-0.2, 0) is 4.74 Å². The van der Waals surface area contributed by atoms with Crippen LogP contribution in [0.4, 0.5) is 14.9 Å². The molecule has 0 aliphatic carbocycles. The van der Waals surface area contributed by atoms with E-state index in [1.807, 2.05) is 0 Å². The Labute approximate surface area is 118 Å². The molecule has 0 heterocycles. The summed E-state index contributed by atoms with van der Waals surface area (Å²) in [6.07, 6.45) is -0.676. The quantitative estimate of drug-likeness (QED) is 0.631. The molecule has 102 valence electrons. The number of benzene rings is 1. The van der Waals surface area contributed by atoms with E-state index >= 15 is 0 Å². The van der Waals surface area contributed by atoms with Crippen LogP contribution in [0.1, 0.15) is 5.56 Å². The molecule has 1 rings (SSSR count). The maximum absolute atomic E-state index is 13.4.